The molecule has 1 aromatic carbocycles. The Hall–Kier alpha value is -2.58. The summed E-state index contributed by atoms with van der Waals surface area (Å²) in [5.74, 6) is 2.02. The molecule has 1 saturated heterocycles. The van der Waals surface area contributed by atoms with Gasteiger partial charge in [-0.05, 0) is 56.9 Å². The molecule has 176 valence electrons. The van der Waals surface area contributed by atoms with Crippen LogP contribution in [0.5, 0.6) is 5.75 Å². The number of carbonyl (C=O) groups is 1. The van der Waals surface area contributed by atoms with Crippen molar-refractivity contribution in [2.45, 2.75) is 40.2 Å². The maximum absolute atomic E-state index is 12.1. The number of benzene rings is 1. The van der Waals surface area contributed by atoms with Crippen molar-refractivity contribution in [1.29, 1.82) is 0 Å². The number of hydrogen-bond acceptors (Lipinski definition) is 8. The van der Waals surface area contributed by atoms with Crippen molar-refractivity contribution in [2.24, 2.45) is 5.92 Å². The maximum atomic E-state index is 12.1. The normalized spacial score (nSPS) is 14.5. The summed E-state index contributed by atoms with van der Waals surface area (Å²) in [6.45, 7) is 8.52. The highest BCUT2D eigenvalue weighted by Gasteiger charge is 2.28. The van der Waals surface area contributed by atoms with Crippen LogP contribution >= 0.6 is 22.9 Å². The van der Waals surface area contributed by atoms with E-state index >= 15 is 0 Å². The van der Waals surface area contributed by atoms with Crippen molar-refractivity contribution in [1.82, 2.24) is 9.97 Å². The number of carbonyl (C=O) groups excluding carboxylic acids is 1. The third-order valence-corrected chi connectivity index (χ3v) is 7.49. The van der Waals surface area contributed by atoms with Crippen molar-refractivity contribution < 1.29 is 14.3 Å². The molecule has 33 heavy (non-hydrogen) atoms. The van der Waals surface area contributed by atoms with Crippen LogP contribution in [-0.4, -0.2) is 42.7 Å². The quantitative estimate of drug-likeness (QED) is 0.448. The summed E-state index contributed by atoms with van der Waals surface area (Å²) in [5.41, 5.74) is 2.23. The summed E-state index contributed by atoms with van der Waals surface area (Å²) < 4.78 is 10.4. The fraction of sp³-hybridized carbons (Fsp3) is 0.458. The first-order valence-corrected chi connectivity index (χ1v) is 12.4. The summed E-state index contributed by atoms with van der Waals surface area (Å²) in [7, 11) is 1.61. The summed E-state index contributed by atoms with van der Waals surface area (Å²) >= 11 is 7.98. The maximum Gasteiger partial charge on any atom is 0.309 e. The van der Waals surface area contributed by atoms with Gasteiger partial charge in [-0.3, -0.25) is 4.79 Å². The second kappa shape index (κ2) is 10.1. The predicted molar refractivity (Wildman–Crippen MR) is 134 cm³/mol. The number of aromatic nitrogens is 2. The molecule has 1 aliphatic heterocycles. The lowest BCUT2D eigenvalue weighted by Gasteiger charge is -2.31. The second-order valence-electron chi connectivity index (χ2n) is 8.17. The van der Waals surface area contributed by atoms with Crippen LogP contribution in [0.1, 0.15) is 35.8 Å². The minimum atomic E-state index is -0.0986. The van der Waals surface area contributed by atoms with E-state index in [4.69, 9.17) is 31.0 Å². The minimum Gasteiger partial charge on any atom is -0.495 e. The first kappa shape index (κ1) is 23.6. The van der Waals surface area contributed by atoms with E-state index < -0.39 is 0 Å². The van der Waals surface area contributed by atoms with Crippen LogP contribution in [0.15, 0.2) is 18.2 Å². The van der Waals surface area contributed by atoms with E-state index in [0.29, 0.717) is 29.9 Å². The third-order valence-electron chi connectivity index (χ3n) is 6.09. The average molecular weight is 489 g/mol. The van der Waals surface area contributed by atoms with Crippen LogP contribution in [0.4, 0.5) is 11.8 Å². The van der Waals surface area contributed by atoms with Crippen LogP contribution in [-0.2, 0) is 16.1 Å². The Morgan fingerprint density at radius 1 is 1.27 bits per heavy atom. The molecular formula is C24H29ClN4O3S. The molecular weight excluding hydrogens is 460 g/mol. The van der Waals surface area contributed by atoms with Gasteiger partial charge in [0, 0.05) is 24.5 Å². The molecule has 1 fully saturated rings. The summed E-state index contributed by atoms with van der Waals surface area (Å²) in [6, 6.07) is 5.76. The molecule has 1 N–H and O–H groups in total. The Morgan fingerprint density at radius 2 is 2.03 bits per heavy atom. The first-order valence-electron chi connectivity index (χ1n) is 11.2. The van der Waals surface area contributed by atoms with Crippen LogP contribution in [0.2, 0.25) is 5.02 Å². The predicted octanol–water partition coefficient (Wildman–Crippen LogP) is 5.36. The topological polar surface area (TPSA) is 76.6 Å². The number of esters is 1. The molecule has 4 rings (SSSR count). The number of fused-ring (bicyclic) bond motifs is 1. The van der Waals surface area contributed by atoms with Crippen molar-refractivity contribution in [2.75, 3.05) is 37.0 Å². The van der Waals surface area contributed by atoms with Gasteiger partial charge < -0.3 is 19.7 Å². The van der Waals surface area contributed by atoms with Crippen molar-refractivity contribution in [3.63, 3.8) is 0 Å². The average Bonchev–Trinajstić information content (AvgIpc) is 3.11. The van der Waals surface area contributed by atoms with Crippen LogP contribution in [0, 0.1) is 19.8 Å². The number of ether oxygens (including phenoxy) is 2. The molecule has 3 heterocycles. The summed E-state index contributed by atoms with van der Waals surface area (Å²) in [6.07, 6.45) is 1.49. The summed E-state index contributed by atoms with van der Waals surface area (Å²) in [4.78, 5) is 26.2. The zero-order valence-electron chi connectivity index (χ0n) is 19.4. The number of anilines is 2. The molecule has 1 aliphatic rings. The number of rotatable bonds is 7. The van der Waals surface area contributed by atoms with Gasteiger partial charge in [-0.15, -0.1) is 11.3 Å². The largest absolute Gasteiger partial charge is 0.495 e. The van der Waals surface area contributed by atoms with Gasteiger partial charge in [-0.25, -0.2) is 4.98 Å². The van der Waals surface area contributed by atoms with Gasteiger partial charge in [0.15, 0.2) is 0 Å². The van der Waals surface area contributed by atoms with Gasteiger partial charge in [-0.2, -0.15) is 4.98 Å². The molecule has 0 unspecified atom stereocenters. The number of nitrogens with one attached hydrogen (secondary N) is 1. The Balaban J connectivity index is 1.57. The Kier molecular flexibility index (Phi) is 7.24. The van der Waals surface area contributed by atoms with Crippen molar-refractivity contribution in [3.05, 3.63) is 39.2 Å². The standard InChI is InChI=1S/C24H29ClN4O3S/c1-5-32-23(30)17-8-10-29(11-9-17)24-27-21(20-14(2)15(3)33-22(20)28-24)26-13-16-6-7-19(31-4)18(25)12-16/h6-7,12,17H,5,8-11,13H2,1-4H3,(H,26,27,28). The van der Waals surface area contributed by atoms with Gasteiger partial charge in [0.25, 0.3) is 0 Å². The van der Waals surface area contributed by atoms with E-state index in [1.807, 2.05) is 25.1 Å². The SMILES string of the molecule is CCOC(=O)C1CCN(c2nc(NCc3ccc(OC)c(Cl)c3)c3c(C)c(C)sc3n2)CC1. The Morgan fingerprint density at radius 3 is 2.70 bits per heavy atom. The molecule has 9 heteroatoms. The lowest BCUT2D eigenvalue weighted by atomic mass is 9.97. The number of piperidine rings is 1. The minimum absolute atomic E-state index is 0.0476. The number of hydrogen-bond donors (Lipinski definition) is 1. The van der Waals surface area contributed by atoms with Crippen molar-refractivity contribution in [3.8, 4) is 5.75 Å². The van der Waals surface area contributed by atoms with Crippen LogP contribution in [0.25, 0.3) is 10.2 Å². The Bertz CT molecular complexity index is 1160. The molecule has 0 amide bonds. The van der Waals surface area contributed by atoms with Gasteiger partial charge in [0.2, 0.25) is 5.95 Å². The molecule has 0 aliphatic carbocycles. The van der Waals surface area contributed by atoms with E-state index in [-0.39, 0.29) is 11.9 Å². The van der Waals surface area contributed by atoms with Gasteiger partial charge >= 0.3 is 5.97 Å². The molecule has 0 bridgehead atoms. The second-order valence-corrected chi connectivity index (χ2v) is 9.78. The first-order chi connectivity index (χ1) is 15.9. The highest BCUT2D eigenvalue weighted by atomic mass is 35.5. The fourth-order valence-corrected chi connectivity index (χ4v) is 5.39. The lowest BCUT2D eigenvalue weighted by Crippen LogP contribution is -2.38. The van der Waals surface area contributed by atoms with E-state index in [2.05, 4.69) is 24.1 Å². The smallest absolute Gasteiger partial charge is 0.309 e. The third kappa shape index (κ3) is 5.01. The number of halogens is 1. The number of thiophene rings is 1. The molecule has 0 radical (unpaired) electrons. The highest BCUT2D eigenvalue weighted by Crippen LogP contribution is 2.36. The lowest BCUT2D eigenvalue weighted by molar-refractivity contribution is -0.148. The number of nitrogens with zero attached hydrogens (tertiary/aromatic N) is 3. The van der Waals surface area contributed by atoms with Crippen molar-refractivity contribution >= 4 is 50.9 Å². The molecule has 0 saturated carbocycles. The van der Waals surface area contributed by atoms with Gasteiger partial charge in [0.1, 0.15) is 16.4 Å². The molecule has 2 aromatic heterocycles. The van der Waals surface area contributed by atoms with Gasteiger partial charge in [-0.1, -0.05) is 17.7 Å². The molecule has 0 spiro atoms. The zero-order valence-corrected chi connectivity index (χ0v) is 21.0. The van der Waals surface area contributed by atoms with E-state index in [9.17, 15) is 4.79 Å². The van der Waals surface area contributed by atoms with E-state index in [1.54, 1.807) is 18.4 Å². The van der Waals surface area contributed by atoms with Crippen LogP contribution < -0.4 is 15.0 Å². The van der Waals surface area contributed by atoms with E-state index in [1.165, 1.54) is 10.4 Å². The molecule has 0 atom stereocenters. The molecule has 7 nitrogen and oxygen atoms in total. The molecule has 3 aromatic rings. The zero-order chi connectivity index (χ0) is 23.5. The number of aryl methyl sites for hydroxylation is 2. The summed E-state index contributed by atoms with van der Waals surface area (Å²) in [5, 5.41) is 5.14. The fourth-order valence-electron chi connectivity index (χ4n) is 4.09. The Labute approximate surface area is 203 Å². The number of methoxy groups -OCH3 is 1. The van der Waals surface area contributed by atoms with E-state index in [0.717, 1.165) is 47.5 Å². The van der Waals surface area contributed by atoms with Gasteiger partial charge in [0.05, 0.1) is 30.0 Å². The monoisotopic (exact) mass is 488 g/mol. The van der Waals surface area contributed by atoms with Crippen LogP contribution in [0.3, 0.4) is 0 Å². The highest BCUT2D eigenvalue weighted by molar-refractivity contribution is 7.18.